The van der Waals surface area contributed by atoms with Crippen molar-refractivity contribution in [3.05, 3.63) is 17.5 Å². The standard InChI is InChI=1S/C11H19N3/c1-8(2)14-11-5-3-4-9(6-12)10(11)7-13-14/h7-9H,3-6,12H2,1-2H3. The van der Waals surface area contributed by atoms with E-state index in [9.17, 15) is 0 Å². The molecule has 0 saturated heterocycles. The molecule has 1 heterocycles. The third-order valence-corrected chi connectivity index (χ3v) is 3.11. The number of aromatic nitrogens is 2. The fraction of sp³-hybridized carbons (Fsp3) is 0.727. The predicted molar refractivity (Wildman–Crippen MR) is 57.3 cm³/mol. The Kier molecular flexibility index (Phi) is 2.59. The summed E-state index contributed by atoms with van der Waals surface area (Å²) in [6.07, 6.45) is 5.68. The van der Waals surface area contributed by atoms with E-state index >= 15 is 0 Å². The first-order chi connectivity index (χ1) is 6.74. The highest BCUT2D eigenvalue weighted by Gasteiger charge is 2.23. The van der Waals surface area contributed by atoms with Crippen LogP contribution in [0.15, 0.2) is 6.20 Å². The maximum Gasteiger partial charge on any atom is 0.0528 e. The molecule has 2 rings (SSSR count). The van der Waals surface area contributed by atoms with E-state index in [1.54, 1.807) is 0 Å². The summed E-state index contributed by atoms with van der Waals surface area (Å²) in [4.78, 5) is 0. The van der Waals surface area contributed by atoms with Crippen LogP contribution in [0.25, 0.3) is 0 Å². The van der Waals surface area contributed by atoms with Gasteiger partial charge in [0, 0.05) is 11.7 Å². The Balaban J connectivity index is 2.37. The Morgan fingerprint density at radius 3 is 3.07 bits per heavy atom. The number of fused-ring (bicyclic) bond motifs is 1. The summed E-state index contributed by atoms with van der Waals surface area (Å²) < 4.78 is 2.15. The molecule has 1 aromatic heterocycles. The molecule has 1 aromatic rings. The third kappa shape index (κ3) is 1.46. The summed E-state index contributed by atoms with van der Waals surface area (Å²) in [6, 6.07) is 0.468. The molecule has 0 amide bonds. The molecule has 0 spiro atoms. The van der Waals surface area contributed by atoms with E-state index in [0.717, 1.165) is 6.54 Å². The first-order valence-corrected chi connectivity index (χ1v) is 5.50. The highest BCUT2D eigenvalue weighted by molar-refractivity contribution is 5.26. The van der Waals surface area contributed by atoms with Crippen LogP contribution in [0, 0.1) is 0 Å². The molecular formula is C11H19N3. The van der Waals surface area contributed by atoms with Crippen LogP contribution in [0.5, 0.6) is 0 Å². The summed E-state index contributed by atoms with van der Waals surface area (Å²) in [7, 11) is 0. The van der Waals surface area contributed by atoms with Crippen LogP contribution in [0.1, 0.15) is 49.9 Å². The SMILES string of the molecule is CC(C)n1ncc2c1CCCC2CN. The van der Waals surface area contributed by atoms with Crippen LogP contribution in [0.4, 0.5) is 0 Å². The van der Waals surface area contributed by atoms with E-state index in [-0.39, 0.29) is 0 Å². The fourth-order valence-corrected chi connectivity index (χ4v) is 2.36. The number of nitrogens with two attached hydrogens (primary N) is 1. The molecule has 2 N–H and O–H groups in total. The second-order valence-electron chi connectivity index (χ2n) is 4.41. The van der Waals surface area contributed by atoms with Gasteiger partial charge in [-0.25, -0.2) is 0 Å². The second-order valence-corrected chi connectivity index (χ2v) is 4.41. The molecule has 0 bridgehead atoms. The van der Waals surface area contributed by atoms with Crippen LogP contribution < -0.4 is 5.73 Å². The molecule has 3 nitrogen and oxygen atoms in total. The van der Waals surface area contributed by atoms with Gasteiger partial charge in [-0.2, -0.15) is 5.10 Å². The molecule has 3 heteroatoms. The van der Waals surface area contributed by atoms with E-state index in [2.05, 4.69) is 23.6 Å². The van der Waals surface area contributed by atoms with Crippen molar-refractivity contribution < 1.29 is 0 Å². The van der Waals surface area contributed by atoms with Gasteiger partial charge in [-0.3, -0.25) is 4.68 Å². The van der Waals surface area contributed by atoms with Gasteiger partial charge in [0.25, 0.3) is 0 Å². The van der Waals surface area contributed by atoms with E-state index in [4.69, 9.17) is 5.73 Å². The zero-order chi connectivity index (χ0) is 10.1. The average molecular weight is 193 g/mol. The number of rotatable bonds is 2. The molecule has 0 radical (unpaired) electrons. The smallest absolute Gasteiger partial charge is 0.0528 e. The maximum atomic E-state index is 5.77. The summed E-state index contributed by atoms with van der Waals surface area (Å²) in [5.41, 5.74) is 8.58. The quantitative estimate of drug-likeness (QED) is 0.779. The number of hydrogen-bond acceptors (Lipinski definition) is 2. The zero-order valence-electron chi connectivity index (χ0n) is 9.03. The van der Waals surface area contributed by atoms with Crippen molar-refractivity contribution >= 4 is 0 Å². The summed E-state index contributed by atoms with van der Waals surface area (Å²) >= 11 is 0. The molecule has 1 atom stereocenters. The van der Waals surface area contributed by atoms with E-state index < -0.39 is 0 Å². The normalized spacial score (nSPS) is 21.3. The van der Waals surface area contributed by atoms with E-state index in [0.29, 0.717) is 12.0 Å². The van der Waals surface area contributed by atoms with Crippen LogP contribution in [0.2, 0.25) is 0 Å². The molecule has 0 saturated carbocycles. The minimum Gasteiger partial charge on any atom is -0.330 e. The number of nitrogens with zero attached hydrogens (tertiary/aromatic N) is 2. The van der Waals surface area contributed by atoms with Gasteiger partial charge in [0.05, 0.1) is 6.20 Å². The minimum atomic E-state index is 0.468. The number of hydrogen-bond donors (Lipinski definition) is 1. The molecule has 1 aliphatic carbocycles. The van der Waals surface area contributed by atoms with Crippen LogP contribution >= 0.6 is 0 Å². The van der Waals surface area contributed by atoms with Gasteiger partial charge in [-0.1, -0.05) is 0 Å². The predicted octanol–water partition coefficient (Wildman–Crippen LogP) is 1.84. The van der Waals surface area contributed by atoms with Crippen LogP contribution in [-0.4, -0.2) is 16.3 Å². The van der Waals surface area contributed by atoms with Crippen LogP contribution in [-0.2, 0) is 6.42 Å². The van der Waals surface area contributed by atoms with E-state index in [1.807, 2.05) is 6.20 Å². The molecule has 0 aliphatic heterocycles. The van der Waals surface area contributed by atoms with Gasteiger partial charge < -0.3 is 5.73 Å². The van der Waals surface area contributed by atoms with Crippen molar-refractivity contribution in [3.8, 4) is 0 Å². The van der Waals surface area contributed by atoms with Gasteiger partial charge >= 0.3 is 0 Å². The minimum absolute atomic E-state index is 0.468. The van der Waals surface area contributed by atoms with Crippen molar-refractivity contribution in [1.82, 2.24) is 9.78 Å². The Morgan fingerprint density at radius 1 is 1.64 bits per heavy atom. The van der Waals surface area contributed by atoms with Crippen molar-refractivity contribution in [2.75, 3.05) is 6.54 Å². The van der Waals surface area contributed by atoms with Gasteiger partial charge in [0.15, 0.2) is 0 Å². The molecule has 0 fully saturated rings. The molecule has 0 aromatic carbocycles. The first-order valence-electron chi connectivity index (χ1n) is 5.50. The van der Waals surface area contributed by atoms with Crippen molar-refractivity contribution in [2.45, 2.75) is 45.1 Å². The Bertz CT molecular complexity index is 314. The molecular weight excluding hydrogens is 174 g/mol. The summed E-state index contributed by atoms with van der Waals surface area (Å²) in [5, 5.41) is 4.46. The topological polar surface area (TPSA) is 43.8 Å². The average Bonchev–Trinajstić information content (AvgIpc) is 2.60. The van der Waals surface area contributed by atoms with E-state index in [1.165, 1.54) is 30.5 Å². The Hall–Kier alpha value is -0.830. The Labute approximate surface area is 85.3 Å². The lowest BCUT2D eigenvalue weighted by Gasteiger charge is -2.22. The zero-order valence-corrected chi connectivity index (χ0v) is 9.03. The van der Waals surface area contributed by atoms with Gasteiger partial charge in [-0.15, -0.1) is 0 Å². The van der Waals surface area contributed by atoms with Crippen molar-refractivity contribution in [2.24, 2.45) is 5.73 Å². The maximum absolute atomic E-state index is 5.77. The van der Waals surface area contributed by atoms with Gasteiger partial charge in [0.1, 0.15) is 0 Å². The molecule has 78 valence electrons. The Morgan fingerprint density at radius 2 is 2.43 bits per heavy atom. The lowest BCUT2D eigenvalue weighted by atomic mass is 9.87. The first kappa shape index (κ1) is 9.71. The largest absolute Gasteiger partial charge is 0.330 e. The highest BCUT2D eigenvalue weighted by Crippen LogP contribution is 2.31. The highest BCUT2D eigenvalue weighted by atomic mass is 15.3. The monoisotopic (exact) mass is 193 g/mol. The fourth-order valence-electron chi connectivity index (χ4n) is 2.36. The van der Waals surface area contributed by atoms with Crippen molar-refractivity contribution in [3.63, 3.8) is 0 Å². The molecule has 1 aliphatic rings. The summed E-state index contributed by atoms with van der Waals surface area (Å²) in [6.45, 7) is 5.12. The summed E-state index contributed by atoms with van der Waals surface area (Å²) in [5.74, 6) is 0.547. The molecule has 1 unspecified atom stereocenters. The van der Waals surface area contributed by atoms with Gasteiger partial charge in [0.2, 0.25) is 0 Å². The second kappa shape index (κ2) is 3.73. The molecule has 14 heavy (non-hydrogen) atoms. The third-order valence-electron chi connectivity index (χ3n) is 3.11. The van der Waals surface area contributed by atoms with Gasteiger partial charge in [-0.05, 0) is 51.1 Å². The van der Waals surface area contributed by atoms with Crippen molar-refractivity contribution in [1.29, 1.82) is 0 Å². The lowest BCUT2D eigenvalue weighted by Crippen LogP contribution is -2.19. The van der Waals surface area contributed by atoms with Crippen LogP contribution in [0.3, 0.4) is 0 Å². The lowest BCUT2D eigenvalue weighted by molar-refractivity contribution is 0.478.